The second kappa shape index (κ2) is 6.39. The van der Waals surface area contributed by atoms with Crippen molar-refractivity contribution in [2.45, 2.75) is 38.2 Å². The zero-order valence-corrected chi connectivity index (χ0v) is 11.1. The molecule has 1 aromatic carbocycles. The fourth-order valence-corrected chi connectivity index (χ4v) is 2.76. The Hall–Kier alpha value is -0.800. The van der Waals surface area contributed by atoms with Crippen LogP contribution >= 0.6 is 11.6 Å². The molecular weight excluding hydrogens is 253 g/mol. The number of aliphatic hydroxyl groups excluding tert-OH is 1. The van der Waals surface area contributed by atoms with Crippen LogP contribution in [0.4, 0.5) is 10.1 Å². The van der Waals surface area contributed by atoms with Crippen LogP contribution in [-0.2, 0) is 0 Å². The highest BCUT2D eigenvalue weighted by Crippen LogP contribution is 2.29. The minimum Gasteiger partial charge on any atom is -0.391 e. The van der Waals surface area contributed by atoms with Crippen molar-refractivity contribution in [2.24, 2.45) is 5.92 Å². The molecule has 0 amide bonds. The molecule has 18 heavy (non-hydrogen) atoms. The predicted octanol–water partition coefficient (Wildman–Crippen LogP) is 3.83. The Morgan fingerprint density at radius 1 is 1.39 bits per heavy atom. The van der Waals surface area contributed by atoms with Crippen LogP contribution in [0.2, 0.25) is 5.02 Å². The summed E-state index contributed by atoms with van der Waals surface area (Å²) >= 11 is 5.69. The number of rotatable bonds is 5. The molecule has 1 aliphatic carbocycles. The average Bonchev–Trinajstić information content (AvgIpc) is 2.84. The van der Waals surface area contributed by atoms with Gasteiger partial charge in [-0.15, -0.1) is 0 Å². The topological polar surface area (TPSA) is 32.3 Å². The van der Waals surface area contributed by atoms with Crippen molar-refractivity contribution in [1.29, 1.82) is 0 Å². The molecule has 0 spiro atoms. The maximum atomic E-state index is 13.6. The van der Waals surface area contributed by atoms with Crippen LogP contribution < -0.4 is 5.32 Å². The molecule has 0 bridgehead atoms. The van der Waals surface area contributed by atoms with E-state index >= 15 is 0 Å². The first-order valence-electron chi connectivity index (χ1n) is 6.52. The molecule has 4 heteroatoms. The lowest BCUT2D eigenvalue weighted by molar-refractivity contribution is 0.155. The summed E-state index contributed by atoms with van der Waals surface area (Å²) in [4.78, 5) is 0. The van der Waals surface area contributed by atoms with Gasteiger partial charge in [-0.05, 0) is 24.5 Å². The number of hydrogen-bond donors (Lipinski definition) is 2. The Morgan fingerprint density at radius 3 is 2.83 bits per heavy atom. The summed E-state index contributed by atoms with van der Waals surface area (Å²) in [6, 6.07) is 4.83. The van der Waals surface area contributed by atoms with Crippen molar-refractivity contribution in [2.75, 3.05) is 11.9 Å². The lowest BCUT2D eigenvalue weighted by Gasteiger charge is -2.17. The van der Waals surface area contributed by atoms with E-state index in [2.05, 4.69) is 5.32 Å². The van der Waals surface area contributed by atoms with Crippen LogP contribution in [0.15, 0.2) is 18.2 Å². The number of anilines is 1. The first-order valence-corrected chi connectivity index (χ1v) is 6.90. The van der Waals surface area contributed by atoms with E-state index < -0.39 is 11.9 Å². The molecule has 1 fully saturated rings. The molecular formula is C14H19ClFNO. The van der Waals surface area contributed by atoms with Crippen LogP contribution in [0.1, 0.15) is 32.1 Å². The minimum atomic E-state index is -0.452. The Kier molecular flexibility index (Phi) is 4.84. The van der Waals surface area contributed by atoms with Gasteiger partial charge in [0, 0.05) is 6.54 Å². The summed E-state index contributed by atoms with van der Waals surface area (Å²) in [5.41, 5.74) is 0.355. The quantitative estimate of drug-likeness (QED) is 0.853. The normalized spacial score (nSPS) is 17.9. The average molecular weight is 272 g/mol. The highest BCUT2D eigenvalue weighted by atomic mass is 35.5. The van der Waals surface area contributed by atoms with Gasteiger partial charge in [0.1, 0.15) is 0 Å². The van der Waals surface area contributed by atoms with Gasteiger partial charge in [0.15, 0.2) is 5.82 Å². The number of halogens is 2. The number of hydrogen-bond acceptors (Lipinski definition) is 2. The fourth-order valence-electron chi connectivity index (χ4n) is 2.58. The summed E-state index contributed by atoms with van der Waals surface area (Å²) in [5.74, 6) is 0.179. The molecule has 2 nitrogen and oxygen atoms in total. The second-order valence-electron chi connectivity index (χ2n) is 5.02. The van der Waals surface area contributed by atoms with E-state index in [1.165, 1.54) is 31.7 Å². The Balaban J connectivity index is 1.81. The summed E-state index contributed by atoms with van der Waals surface area (Å²) in [7, 11) is 0. The summed E-state index contributed by atoms with van der Waals surface area (Å²) in [6.45, 7) is 0.369. The van der Waals surface area contributed by atoms with Crippen molar-refractivity contribution < 1.29 is 9.50 Å². The molecule has 0 aliphatic heterocycles. The van der Waals surface area contributed by atoms with Crippen molar-refractivity contribution in [1.82, 2.24) is 0 Å². The van der Waals surface area contributed by atoms with Gasteiger partial charge in [0.2, 0.25) is 0 Å². The largest absolute Gasteiger partial charge is 0.391 e. The van der Waals surface area contributed by atoms with Crippen LogP contribution in [0.25, 0.3) is 0 Å². The van der Waals surface area contributed by atoms with E-state index in [-0.39, 0.29) is 5.02 Å². The highest BCUT2D eigenvalue weighted by molar-refractivity contribution is 6.31. The molecule has 1 atom stereocenters. The van der Waals surface area contributed by atoms with Crippen LogP contribution in [-0.4, -0.2) is 17.8 Å². The molecule has 1 aliphatic rings. The molecule has 100 valence electrons. The monoisotopic (exact) mass is 271 g/mol. The van der Waals surface area contributed by atoms with E-state index in [0.29, 0.717) is 18.2 Å². The summed E-state index contributed by atoms with van der Waals surface area (Å²) < 4.78 is 13.6. The van der Waals surface area contributed by atoms with Gasteiger partial charge in [-0.25, -0.2) is 4.39 Å². The van der Waals surface area contributed by atoms with Gasteiger partial charge in [-0.2, -0.15) is 0 Å². The van der Waals surface area contributed by atoms with Gasteiger partial charge < -0.3 is 10.4 Å². The van der Waals surface area contributed by atoms with Gasteiger partial charge >= 0.3 is 0 Å². The third-order valence-corrected chi connectivity index (χ3v) is 3.85. The van der Waals surface area contributed by atoms with Gasteiger partial charge in [0.25, 0.3) is 0 Å². The lowest BCUT2D eigenvalue weighted by Crippen LogP contribution is -2.22. The molecule has 0 aromatic heterocycles. The Morgan fingerprint density at radius 2 is 2.11 bits per heavy atom. The fraction of sp³-hybridized carbons (Fsp3) is 0.571. The van der Waals surface area contributed by atoms with Crippen LogP contribution in [0.5, 0.6) is 0 Å². The lowest BCUT2D eigenvalue weighted by atomic mass is 10.00. The Labute approximate surface area is 112 Å². The van der Waals surface area contributed by atoms with Gasteiger partial charge in [-0.3, -0.25) is 0 Å². The zero-order valence-electron chi connectivity index (χ0n) is 10.3. The number of aliphatic hydroxyl groups is 1. The standard InChI is InChI=1S/C14H19ClFNO/c15-12-6-3-7-13(14(12)16)17-9-11(18)8-10-4-1-2-5-10/h3,6-7,10-11,17-18H,1-2,4-5,8-9H2. The van der Waals surface area contributed by atoms with E-state index in [4.69, 9.17) is 11.6 Å². The van der Waals surface area contributed by atoms with Crippen molar-refractivity contribution >= 4 is 17.3 Å². The number of nitrogens with one attached hydrogen (secondary N) is 1. The first kappa shape index (κ1) is 13.6. The molecule has 0 heterocycles. The number of benzene rings is 1. The summed E-state index contributed by atoms with van der Waals surface area (Å²) in [6.07, 6.45) is 5.34. The highest BCUT2D eigenvalue weighted by Gasteiger charge is 2.18. The van der Waals surface area contributed by atoms with Crippen molar-refractivity contribution in [3.63, 3.8) is 0 Å². The predicted molar refractivity (Wildman–Crippen MR) is 72.5 cm³/mol. The summed E-state index contributed by atoms with van der Waals surface area (Å²) in [5, 5.41) is 12.9. The third kappa shape index (κ3) is 3.59. The Bertz CT molecular complexity index is 393. The molecule has 2 N–H and O–H groups in total. The van der Waals surface area contributed by atoms with E-state index in [9.17, 15) is 9.50 Å². The third-order valence-electron chi connectivity index (χ3n) is 3.56. The maximum Gasteiger partial charge on any atom is 0.164 e. The molecule has 1 unspecified atom stereocenters. The zero-order chi connectivity index (χ0) is 13.0. The van der Waals surface area contributed by atoms with Gasteiger partial charge in [-0.1, -0.05) is 43.4 Å². The first-order chi connectivity index (χ1) is 8.66. The van der Waals surface area contributed by atoms with E-state index in [1.807, 2.05) is 0 Å². The molecule has 2 rings (SSSR count). The van der Waals surface area contributed by atoms with Crippen LogP contribution in [0.3, 0.4) is 0 Å². The molecule has 0 radical (unpaired) electrons. The second-order valence-corrected chi connectivity index (χ2v) is 5.43. The van der Waals surface area contributed by atoms with Gasteiger partial charge in [0.05, 0.1) is 16.8 Å². The smallest absolute Gasteiger partial charge is 0.164 e. The maximum absolute atomic E-state index is 13.6. The minimum absolute atomic E-state index is 0.102. The molecule has 1 saturated carbocycles. The van der Waals surface area contributed by atoms with Crippen molar-refractivity contribution in [3.8, 4) is 0 Å². The van der Waals surface area contributed by atoms with Crippen molar-refractivity contribution in [3.05, 3.63) is 29.0 Å². The van der Waals surface area contributed by atoms with Crippen LogP contribution in [0, 0.1) is 11.7 Å². The SMILES string of the molecule is OC(CNc1cccc(Cl)c1F)CC1CCCC1. The van der Waals surface area contributed by atoms with E-state index in [1.54, 1.807) is 12.1 Å². The molecule has 0 saturated heterocycles. The molecule has 1 aromatic rings. The van der Waals surface area contributed by atoms with E-state index in [0.717, 1.165) is 6.42 Å².